The zero-order valence-electron chi connectivity index (χ0n) is 10.7. The molecule has 0 N–H and O–H groups in total. The largest absolute Gasteiger partial charge is 0.494 e. The highest BCUT2D eigenvalue weighted by atomic mass is 16.5. The van der Waals surface area contributed by atoms with Crippen molar-refractivity contribution in [3.05, 3.63) is 23.8 Å². The van der Waals surface area contributed by atoms with Crippen LogP contribution in [-0.4, -0.2) is 18.0 Å². The van der Waals surface area contributed by atoms with Crippen molar-refractivity contribution in [2.75, 3.05) is 6.61 Å². The lowest BCUT2D eigenvalue weighted by atomic mass is 9.88. The van der Waals surface area contributed by atoms with Gasteiger partial charge in [0, 0.05) is 0 Å². The van der Waals surface area contributed by atoms with E-state index >= 15 is 0 Å². The van der Waals surface area contributed by atoms with E-state index in [1.54, 1.807) is 0 Å². The summed E-state index contributed by atoms with van der Waals surface area (Å²) in [5.41, 5.74) is 0.468. The molecule has 1 aromatic rings. The van der Waals surface area contributed by atoms with Crippen LogP contribution in [0.2, 0.25) is 0 Å². The van der Waals surface area contributed by atoms with E-state index in [9.17, 15) is 4.79 Å². The molecule has 1 saturated carbocycles. The molecule has 1 spiro atoms. The van der Waals surface area contributed by atoms with Crippen molar-refractivity contribution in [2.24, 2.45) is 0 Å². The van der Waals surface area contributed by atoms with E-state index in [0.717, 1.165) is 24.3 Å². The number of carbonyl (C=O) groups is 1. The van der Waals surface area contributed by atoms with E-state index < -0.39 is 0 Å². The fourth-order valence-corrected chi connectivity index (χ4v) is 3.03. The number of ketones is 1. The number of hydrogen-bond donors (Lipinski definition) is 0. The molecule has 0 radical (unpaired) electrons. The van der Waals surface area contributed by atoms with Crippen molar-refractivity contribution < 1.29 is 14.3 Å². The van der Waals surface area contributed by atoms with E-state index in [0.29, 0.717) is 18.6 Å². The highest BCUT2D eigenvalue weighted by molar-refractivity contribution is 6.00. The Bertz CT molecular complexity index is 473. The van der Waals surface area contributed by atoms with Crippen molar-refractivity contribution in [3.8, 4) is 11.5 Å². The second-order valence-electron chi connectivity index (χ2n) is 5.18. The minimum Gasteiger partial charge on any atom is -0.494 e. The molecule has 1 heterocycles. The van der Waals surface area contributed by atoms with E-state index in [-0.39, 0.29) is 11.4 Å². The van der Waals surface area contributed by atoms with Crippen LogP contribution in [0.5, 0.6) is 11.5 Å². The third-order valence-electron chi connectivity index (χ3n) is 3.89. The fourth-order valence-electron chi connectivity index (χ4n) is 3.03. The van der Waals surface area contributed by atoms with Gasteiger partial charge in [-0.15, -0.1) is 0 Å². The van der Waals surface area contributed by atoms with Gasteiger partial charge < -0.3 is 9.47 Å². The third-order valence-corrected chi connectivity index (χ3v) is 3.89. The minimum absolute atomic E-state index is 0.194. The van der Waals surface area contributed by atoms with Crippen LogP contribution in [0.4, 0.5) is 0 Å². The Morgan fingerprint density at radius 3 is 2.83 bits per heavy atom. The topological polar surface area (TPSA) is 35.5 Å². The van der Waals surface area contributed by atoms with E-state index in [4.69, 9.17) is 9.47 Å². The van der Waals surface area contributed by atoms with Crippen LogP contribution in [0.15, 0.2) is 18.2 Å². The average Bonchev–Trinajstić information content (AvgIpc) is 2.78. The number of rotatable bonds is 2. The summed E-state index contributed by atoms with van der Waals surface area (Å²) in [5, 5.41) is 0. The monoisotopic (exact) mass is 246 g/mol. The third kappa shape index (κ3) is 1.88. The maximum atomic E-state index is 12.3. The molecule has 1 aromatic carbocycles. The van der Waals surface area contributed by atoms with Gasteiger partial charge in [0.15, 0.2) is 5.78 Å². The Kier molecular flexibility index (Phi) is 2.77. The SMILES string of the molecule is CCOc1ccc2c(c1)C(=O)CC1(CCCC1)O2. The highest BCUT2D eigenvalue weighted by Crippen LogP contribution is 2.43. The first kappa shape index (κ1) is 11.6. The van der Waals surface area contributed by atoms with Crippen molar-refractivity contribution in [2.45, 2.75) is 44.6 Å². The second-order valence-corrected chi connectivity index (χ2v) is 5.18. The molecule has 0 atom stereocenters. The Morgan fingerprint density at radius 1 is 1.33 bits per heavy atom. The number of hydrogen-bond acceptors (Lipinski definition) is 3. The van der Waals surface area contributed by atoms with Crippen LogP contribution in [0.25, 0.3) is 0 Å². The summed E-state index contributed by atoms with van der Waals surface area (Å²) >= 11 is 0. The molecule has 0 amide bonds. The molecule has 0 bridgehead atoms. The molecule has 18 heavy (non-hydrogen) atoms. The molecule has 1 aliphatic heterocycles. The molecule has 0 aromatic heterocycles. The summed E-state index contributed by atoms with van der Waals surface area (Å²) in [4.78, 5) is 12.3. The van der Waals surface area contributed by atoms with Crippen LogP contribution in [0.3, 0.4) is 0 Å². The first-order chi connectivity index (χ1) is 8.72. The zero-order valence-corrected chi connectivity index (χ0v) is 10.7. The molecule has 96 valence electrons. The summed E-state index contributed by atoms with van der Waals surface area (Å²) in [5.74, 6) is 1.67. The zero-order chi connectivity index (χ0) is 12.6. The Morgan fingerprint density at radius 2 is 2.11 bits per heavy atom. The van der Waals surface area contributed by atoms with E-state index in [1.807, 2.05) is 25.1 Å². The molecule has 1 fully saturated rings. The molecular formula is C15H18O3. The Hall–Kier alpha value is -1.51. The second kappa shape index (κ2) is 4.30. The summed E-state index contributed by atoms with van der Waals surface area (Å²) in [6.07, 6.45) is 4.87. The maximum Gasteiger partial charge on any atom is 0.170 e. The number of ether oxygens (including phenoxy) is 2. The lowest BCUT2D eigenvalue weighted by Crippen LogP contribution is -2.39. The van der Waals surface area contributed by atoms with Crippen LogP contribution in [-0.2, 0) is 0 Å². The molecule has 0 unspecified atom stereocenters. The summed E-state index contributed by atoms with van der Waals surface area (Å²) in [6, 6.07) is 5.56. The van der Waals surface area contributed by atoms with Gasteiger partial charge in [-0.3, -0.25) is 4.79 Å². The lowest BCUT2D eigenvalue weighted by molar-refractivity contribution is 0.0449. The van der Waals surface area contributed by atoms with Crippen LogP contribution in [0.1, 0.15) is 49.4 Å². The van der Waals surface area contributed by atoms with Gasteiger partial charge in [0.2, 0.25) is 0 Å². The number of Topliss-reactive ketones (excluding diaryl/α,β-unsaturated/α-hetero) is 1. The first-order valence-electron chi connectivity index (χ1n) is 6.71. The Labute approximate surface area is 107 Å². The Balaban J connectivity index is 1.93. The predicted molar refractivity (Wildman–Crippen MR) is 68.4 cm³/mol. The van der Waals surface area contributed by atoms with Crippen molar-refractivity contribution in [1.82, 2.24) is 0 Å². The molecule has 0 saturated heterocycles. The van der Waals surface area contributed by atoms with Crippen LogP contribution in [0, 0.1) is 0 Å². The lowest BCUT2D eigenvalue weighted by Gasteiger charge is -2.34. The number of benzene rings is 1. The maximum absolute atomic E-state index is 12.3. The van der Waals surface area contributed by atoms with Gasteiger partial charge in [0.05, 0.1) is 18.6 Å². The quantitative estimate of drug-likeness (QED) is 0.802. The van der Waals surface area contributed by atoms with Gasteiger partial charge in [-0.25, -0.2) is 0 Å². The smallest absolute Gasteiger partial charge is 0.170 e. The molecule has 3 nitrogen and oxygen atoms in total. The van der Waals surface area contributed by atoms with Gasteiger partial charge in [-0.1, -0.05) is 0 Å². The summed E-state index contributed by atoms with van der Waals surface area (Å²) in [6.45, 7) is 2.54. The molecule has 3 heteroatoms. The predicted octanol–water partition coefficient (Wildman–Crippen LogP) is 3.36. The highest BCUT2D eigenvalue weighted by Gasteiger charge is 2.42. The normalized spacial score (nSPS) is 20.6. The molecular weight excluding hydrogens is 228 g/mol. The van der Waals surface area contributed by atoms with E-state index in [2.05, 4.69) is 0 Å². The number of carbonyl (C=O) groups excluding carboxylic acids is 1. The van der Waals surface area contributed by atoms with Gasteiger partial charge in [-0.05, 0) is 50.8 Å². The average molecular weight is 246 g/mol. The minimum atomic E-state index is -0.211. The summed E-state index contributed by atoms with van der Waals surface area (Å²) < 4.78 is 11.5. The number of fused-ring (bicyclic) bond motifs is 1. The molecule has 1 aliphatic carbocycles. The van der Waals surface area contributed by atoms with Crippen molar-refractivity contribution in [3.63, 3.8) is 0 Å². The van der Waals surface area contributed by atoms with Crippen molar-refractivity contribution in [1.29, 1.82) is 0 Å². The van der Waals surface area contributed by atoms with E-state index in [1.165, 1.54) is 12.8 Å². The van der Waals surface area contributed by atoms with Crippen LogP contribution < -0.4 is 9.47 Å². The van der Waals surface area contributed by atoms with Crippen LogP contribution >= 0.6 is 0 Å². The fraction of sp³-hybridized carbons (Fsp3) is 0.533. The van der Waals surface area contributed by atoms with Gasteiger partial charge in [0.1, 0.15) is 17.1 Å². The molecule has 2 aliphatic rings. The van der Waals surface area contributed by atoms with Gasteiger partial charge in [-0.2, -0.15) is 0 Å². The molecule has 3 rings (SSSR count). The summed E-state index contributed by atoms with van der Waals surface area (Å²) in [7, 11) is 0. The van der Waals surface area contributed by atoms with Crippen molar-refractivity contribution >= 4 is 5.78 Å². The first-order valence-corrected chi connectivity index (χ1v) is 6.71. The van der Waals surface area contributed by atoms with Gasteiger partial charge in [0.25, 0.3) is 0 Å². The standard InChI is InChI=1S/C15H18O3/c1-2-17-11-5-6-14-12(9-11)13(16)10-15(18-14)7-3-4-8-15/h5-6,9H,2-4,7-8,10H2,1H3. The van der Waals surface area contributed by atoms with Gasteiger partial charge >= 0.3 is 0 Å².